The Labute approximate surface area is 184 Å². The van der Waals surface area contributed by atoms with Crippen LogP contribution in [0.15, 0.2) is 47.4 Å². The Kier molecular flexibility index (Phi) is 5.96. The molecule has 1 aromatic heterocycles. The maximum absolute atomic E-state index is 13.3. The average Bonchev–Trinajstić information content (AvgIpc) is 3.15. The number of rotatable bonds is 5. The lowest BCUT2D eigenvalue weighted by Gasteiger charge is -2.31. The molecule has 164 valence electrons. The fourth-order valence-electron chi connectivity index (χ4n) is 3.41. The number of ether oxygens (including phenoxy) is 1. The molecule has 7 nitrogen and oxygen atoms in total. The summed E-state index contributed by atoms with van der Waals surface area (Å²) in [5.74, 6) is -0.440. The molecular formula is C21H22FN3O4S2. The van der Waals surface area contributed by atoms with E-state index in [-0.39, 0.29) is 22.7 Å². The summed E-state index contributed by atoms with van der Waals surface area (Å²) in [6, 6.07) is 10.4. The minimum absolute atomic E-state index is 0.0675. The third-order valence-corrected chi connectivity index (χ3v) is 7.95. The Bertz CT molecular complexity index is 1200. The fraction of sp³-hybridized carbons (Fsp3) is 0.333. The molecule has 1 aliphatic heterocycles. The first-order valence-electron chi connectivity index (χ1n) is 9.78. The lowest BCUT2D eigenvalue weighted by Crippen LogP contribution is -2.41. The van der Waals surface area contributed by atoms with Crippen molar-refractivity contribution in [2.45, 2.75) is 23.8 Å². The van der Waals surface area contributed by atoms with Crippen LogP contribution in [-0.2, 0) is 10.0 Å². The Balaban J connectivity index is 1.36. The molecule has 0 spiro atoms. The first-order valence-corrected chi connectivity index (χ1v) is 12.0. The fourth-order valence-corrected chi connectivity index (χ4v) is 5.22. The zero-order valence-corrected chi connectivity index (χ0v) is 18.7. The van der Waals surface area contributed by atoms with Crippen molar-refractivity contribution in [3.63, 3.8) is 0 Å². The summed E-state index contributed by atoms with van der Waals surface area (Å²) in [7, 11) is -0.596. The van der Waals surface area contributed by atoms with Crippen LogP contribution in [0.1, 0.15) is 23.2 Å². The van der Waals surface area contributed by atoms with E-state index in [1.807, 2.05) is 0 Å². The zero-order valence-electron chi connectivity index (χ0n) is 17.1. The van der Waals surface area contributed by atoms with E-state index >= 15 is 0 Å². The van der Waals surface area contributed by atoms with Crippen LogP contribution in [0.3, 0.4) is 0 Å². The highest BCUT2D eigenvalue weighted by atomic mass is 32.2. The first kappa shape index (κ1) is 21.7. The van der Waals surface area contributed by atoms with Gasteiger partial charge in [0.15, 0.2) is 0 Å². The van der Waals surface area contributed by atoms with Gasteiger partial charge in [0.1, 0.15) is 11.9 Å². The zero-order chi connectivity index (χ0) is 22.2. The predicted molar refractivity (Wildman–Crippen MR) is 116 cm³/mol. The lowest BCUT2D eigenvalue weighted by atomic mass is 10.1. The lowest BCUT2D eigenvalue weighted by molar-refractivity contribution is 0.0595. The van der Waals surface area contributed by atoms with Crippen molar-refractivity contribution in [1.82, 2.24) is 14.2 Å². The van der Waals surface area contributed by atoms with Gasteiger partial charge in [0, 0.05) is 45.6 Å². The maximum atomic E-state index is 13.3. The SMILES string of the molecule is CN(C)S(=O)(=O)c1ccc(C(=O)N2CCC(Oc3nc4ccc(F)cc4s3)CC2)cc1. The van der Waals surface area contributed by atoms with E-state index in [1.165, 1.54) is 49.7 Å². The number of hydrogen-bond acceptors (Lipinski definition) is 6. The summed E-state index contributed by atoms with van der Waals surface area (Å²) < 4.78 is 45.5. The number of carbonyl (C=O) groups excluding carboxylic acids is 1. The molecule has 0 radical (unpaired) electrons. The molecule has 0 unspecified atom stereocenters. The van der Waals surface area contributed by atoms with Gasteiger partial charge in [0.05, 0.1) is 15.1 Å². The van der Waals surface area contributed by atoms with Crippen LogP contribution in [0.2, 0.25) is 0 Å². The number of nitrogens with zero attached hydrogens (tertiary/aromatic N) is 3. The van der Waals surface area contributed by atoms with Crippen LogP contribution in [0, 0.1) is 5.82 Å². The molecule has 1 amide bonds. The monoisotopic (exact) mass is 463 g/mol. The highest BCUT2D eigenvalue weighted by Gasteiger charge is 2.26. The van der Waals surface area contributed by atoms with Gasteiger partial charge in [0.2, 0.25) is 10.0 Å². The normalized spacial score (nSPS) is 15.5. The number of sulfonamides is 1. The third-order valence-electron chi connectivity index (χ3n) is 5.21. The van der Waals surface area contributed by atoms with Crippen LogP contribution >= 0.6 is 11.3 Å². The second-order valence-corrected chi connectivity index (χ2v) is 10.7. The molecule has 31 heavy (non-hydrogen) atoms. The van der Waals surface area contributed by atoms with Gasteiger partial charge in [0.25, 0.3) is 11.1 Å². The number of halogens is 1. The topological polar surface area (TPSA) is 79.8 Å². The molecule has 0 aliphatic carbocycles. The molecule has 2 heterocycles. The van der Waals surface area contributed by atoms with E-state index < -0.39 is 10.0 Å². The van der Waals surface area contributed by atoms with Crippen molar-refractivity contribution in [1.29, 1.82) is 0 Å². The van der Waals surface area contributed by atoms with Gasteiger partial charge in [-0.05, 0) is 42.5 Å². The number of carbonyl (C=O) groups is 1. The molecule has 1 aliphatic rings. The van der Waals surface area contributed by atoms with Gasteiger partial charge in [-0.2, -0.15) is 0 Å². The number of benzene rings is 2. The minimum atomic E-state index is -3.53. The summed E-state index contributed by atoms with van der Waals surface area (Å²) >= 11 is 1.31. The van der Waals surface area contributed by atoms with Crippen LogP contribution in [-0.4, -0.2) is 61.8 Å². The standard InChI is InChI=1S/C21H22FN3O4S2/c1-24(2)31(27,28)17-6-3-14(4-7-17)20(26)25-11-9-16(10-12-25)29-21-23-18-8-5-15(22)13-19(18)30-21/h3-8,13,16H,9-12H2,1-2H3. The molecule has 0 atom stereocenters. The predicted octanol–water partition coefficient (Wildman–Crippen LogP) is 3.37. The van der Waals surface area contributed by atoms with Crippen molar-refractivity contribution in [2.75, 3.05) is 27.2 Å². The molecule has 1 fully saturated rings. The molecule has 0 saturated carbocycles. The summed E-state index contributed by atoms with van der Waals surface area (Å²) in [4.78, 5) is 19.1. The number of likely N-dealkylation sites (tertiary alicyclic amines) is 1. The number of fused-ring (bicyclic) bond motifs is 1. The number of aromatic nitrogens is 1. The first-order chi connectivity index (χ1) is 14.7. The van der Waals surface area contributed by atoms with Gasteiger partial charge >= 0.3 is 0 Å². The van der Waals surface area contributed by atoms with Crippen molar-refractivity contribution >= 4 is 37.5 Å². The van der Waals surface area contributed by atoms with Crippen molar-refractivity contribution in [2.24, 2.45) is 0 Å². The largest absolute Gasteiger partial charge is 0.467 e. The second kappa shape index (κ2) is 8.52. The Morgan fingerprint density at radius 3 is 2.48 bits per heavy atom. The Hall–Kier alpha value is -2.56. The number of thiazole rings is 1. The van der Waals surface area contributed by atoms with Gasteiger partial charge in [-0.25, -0.2) is 22.1 Å². The Morgan fingerprint density at radius 1 is 1.16 bits per heavy atom. The van der Waals surface area contributed by atoms with E-state index in [1.54, 1.807) is 23.1 Å². The van der Waals surface area contributed by atoms with Crippen LogP contribution in [0.5, 0.6) is 5.19 Å². The quantitative estimate of drug-likeness (QED) is 0.580. The van der Waals surface area contributed by atoms with Crippen molar-refractivity contribution in [3.05, 3.63) is 53.8 Å². The molecule has 4 rings (SSSR count). The number of amides is 1. The smallest absolute Gasteiger partial charge is 0.274 e. The van der Waals surface area contributed by atoms with Crippen molar-refractivity contribution in [3.8, 4) is 5.19 Å². The van der Waals surface area contributed by atoms with E-state index in [0.717, 1.165) is 9.01 Å². The molecule has 10 heteroatoms. The maximum Gasteiger partial charge on any atom is 0.274 e. The Morgan fingerprint density at radius 2 is 1.84 bits per heavy atom. The minimum Gasteiger partial charge on any atom is -0.467 e. The molecular weight excluding hydrogens is 441 g/mol. The number of piperidine rings is 1. The van der Waals surface area contributed by atoms with E-state index in [4.69, 9.17) is 4.74 Å². The third kappa shape index (κ3) is 4.56. The average molecular weight is 464 g/mol. The van der Waals surface area contributed by atoms with E-state index in [2.05, 4.69) is 4.98 Å². The van der Waals surface area contributed by atoms with Gasteiger partial charge < -0.3 is 9.64 Å². The van der Waals surface area contributed by atoms with E-state index in [0.29, 0.717) is 42.2 Å². The highest BCUT2D eigenvalue weighted by molar-refractivity contribution is 7.89. The van der Waals surface area contributed by atoms with Gasteiger partial charge in [-0.3, -0.25) is 4.79 Å². The second-order valence-electron chi connectivity index (χ2n) is 7.51. The van der Waals surface area contributed by atoms with Crippen LogP contribution < -0.4 is 4.74 Å². The van der Waals surface area contributed by atoms with Gasteiger partial charge in [-0.15, -0.1) is 0 Å². The molecule has 0 bridgehead atoms. The summed E-state index contributed by atoms with van der Waals surface area (Å²) in [6.45, 7) is 1.06. The summed E-state index contributed by atoms with van der Waals surface area (Å²) in [5, 5.41) is 0.503. The summed E-state index contributed by atoms with van der Waals surface area (Å²) in [6.07, 6.45) is 1.24. The molecule has 0 N–H and O–H groups in total. The summed E-state index contributed by atoms with van der Waals surface area (Å²) in [5.41, 5.74) is 1.15. The van der Waals surface area contributed by atoms with E-state index in [9.17, 15) is 17.6 Å². The van der Waals surface area contributed by atoms with Gasteiger partial charge in [-0.1, -0.05) is 11.3 Å². The molecule has 2 aromatic carbocycles. The van der Waals surface area contributed by atoms with Crippen molar-refractivity contribution < 1.29 is 22.3 Å². The number of hydrogen-bond donors (Lipinski definition) is 0. The van der Waals surface area contributed by atoms with Crippen LogP contribution in [0.25, 0.3) is 10.2 Å². The van der Waals surface area contributed by atoms with Crippen LogP contribution in [0.4, 0.5) is 4.39 Å². The highest BCUT2D eigenvalue weighted by Crippen LogP contribution is 2.30. The molecule has 1 saturated heterocycles. The molecule has 3 aromatic rings.